The van der Waals surface area contributed by atoms with Gasteiger partial charge in [0.2, 0.25) is 10.0 Å². The van der Waals surface area contributed by atoms with Gasteiger partial charge in [-0.1, -0.05) is 20.8 Å². The zero-order valence-corrected chi connectivity index (χ0v) is 13.1. The Morgan fingerprint density at radius 1 is 1.28 bits per heavy atom. The van der Waals surface area contributed by atoms with Crippen molar-refractivity contribution in [2.45, 2.75) is 59.5 Å². The van der Waals surface area contributed by atoms with Crippen LogP contribution in [0.5, 0.6) is 0 Å². The molecular formula is C13H28N2O2S. The maximum Gasteiger partial charge on any atom is 0.213 e. The molecule has 108 valence electrons. The van der Waals surface area contributed by atoms with Crippen LogP contribution in [0.4, 0.5) is 0 Å². The van der Waals surface area contributed by atoms with Gasteiger partial charge in [-0.2, -0.15) is 0 Å². The van der Waals surface area contributed by atoms with E-state index in [1.165, 1.54) is 6.42 Å². The fraction of sp³-hybridized carbons (Fsp3) is 1.00. The first-order chi connectivity index (χ1) is 8.11. The highest BCUT2D eigenvalue weighted by Crippen LogP contribution is 2.40. The van der Waals surface area contributed by atoms with Crippen molar-refractivity contribution in [3.8, 4) is 0 Å². The zero-order chi connectivity index (χ0) is 14.0. The van der Waals surface area contributed by atoms with Crippen LogP contribution >= 0.6 is 0 Å². The molecule has 1 fully saturated rings. The molecule has 0 radical (unpaired) electrons. The van der Waals surface area contributed by atoms with Gasteiger partial charge in [0.1, 0.15) is 0 Å². The van der Waals surface area contributed by atoms with E-state index in [9.17, 15) is 8.42 Å². The first-order valence-corrected chi connectivity index (χ1v) is 8.50. The highest BCUT2D eigenvalue weighted by Gasteiger charge is 2.36. The highest BCUT2D eigenvalue weighted by atomic mass is 32.2. The van der Waals surface area contributed by atoms with Gasteiger partial charge in [0.15, 0.2) is 0 Å². The Kier molecular flexibility index (Phi) is 5.21. The first kappa shape index (κ1) is 15.9. The molecule has 0 aromatic carbocycles. The molecule has 1 saturated carbocycles. The van der Waals surface area contributed by atoms with E-state index in [-0.39, 0.29) is 11.8 Å². The molecule has 0 spiro atoms. The molecule has 1 aliphatic carbocycles. The Hall–Kier alpha value is -0.130. The van der Waals surface area contributed by atoms with Gasteiger partial charge < -0.3 is 5.32 Å². The molecule has 2 N–H and O–H groups in total. The summed E-state index contributed by atoms with van der Waals surface area (Å²) in [5.74, 6) is 0.787. The van der Waals surface area contributed by atoms with Crippen molar-refractivity contribution >= 4 is 10.0 Å². The van der Waals surface area contributed by atoms with Gasteiger partial charge in [0.25, 0.3) is 0 Å². The number of rotatable bonds is 6. The second-order valence-electron chi connectivity index (χ2n) is 6.70. The summed E-state index contributed by atoms with van der Waals surface area (Å²) >= 11 is 0. The summed E-state index contributed by atoms with van der Waals surface area (Å²) in [6, 6.07) is 0.425. The fourth-order valence-electron chi connectivity index (χ4n) is 2.96. The molecule has 2 atom stereocenters. The molecule has 18 heavy (non-hydrogen) atoms. The minimum Gasteiger partial charge on any atom is -0.313 e. The molecule has 0 aliphatic heterocycles. The smallest absolute Gasteiger partial charge is 0.213 e. The lowest BCUT2D eigenvalue weighted by Gasteiger charge is -2.19. The molecule has 1 rings (SSSR count). The topological polar surface area (TPSA) is 58.2 Å². The summed E-state index contributed by atoms with van der Waals surface area (Å²) in [6.07, 6.45) is 2.34. The zero-order valence-electron chi connectivity index (χ0n) is 12.3. The molecule has 0 aromatic heterocycles. The van der Waals surface area contributed by atoms with Gasteiger partial charge in [0, 0.05) is 18.6 Å². The summed E-state index contributed by atoms with van der Waals surface area (Å²) < 4.78 is 25.9. The van der Waals surface area contributed by atoms with Gasteiger partial charge in [-0.25, -0.2) is 13.1 Å². The van der Waals surface area contributed by atoms with Crippen molar-refractivity contribution in [3.05, 3.63) is 0 Å². The van der Waals surface area contributed by atoms with Gasteiger partial charge in [-0.15, -0.1) is 0 Å². The van der Waals surface area contributed by atoms with Gasteiger partial charge in [0.05, 0.1) is 5.75 Å². The number of hydrogen-bond donors (Lipinski definition) is 2. The minimum atomic E-state index is -3.13. The summed E-state index contributed by atoms with van der Waals surface area (Å²) in [4.78, 5) is 0. The van der Waals surface area contributed by atoms with Crippen LogP contribution in [-0.4, -0.2) is 32.8 Å². The third-order valence-electron chi connectivity index (χ3n) is 3.53. The van der Waals surface area contributed by atoms with Gasteiger partial charge in [-0.3, -0.25) is 0 Å². The average Bonchev–Trinajstić information content (AvgIpc) is 2.36. The molecule has 0 amide bonds. The van der Waals surface area contributed by atoms with Crippen LogP contribution in [0.15, 0.2) is 0 Å². The molecule has 0 heterocycles. The monoisotopic (exact) mass is 276 g/mol. The van der Waals surface area contributed by atoms with E-state index in [1.807, 2.05) is 13.8 Å². The average molecular weight is 276 g/mol. The maximum absolute atomic E-state index is 11.7. The lowest BCUT2D eigenvalue weighted by molar-refractivity contribution is 0.363. The summed E-state index contributed by atoms with van der Waals surface area (Å²) in [7, 11) is -3.13. The van der Waals surface area contributed by atoms with Crippen LogP contribution < -0.4 is 10.0 Å². The number of hydrogen-bond acceptors (Lipinski definition) is 3. The Balaban J connectivity index is 2.35. The number of sulfonamides is 1. The highest BCUT2D eigenvalue weighted by molar-refractivity contribution is 7.89. The molecule has 0 saturated heterocycles. The van der Waals surface area contributed by atoms with Gasteiger partial charge >= 0.3 is 0 Å². The van der Waals surface area contributed by atoms with Crippen molar-refractivity contribution in [3.63, 3.8) is 0 Å². The quantitative estimate of drug-likeness (QED) is 0.777. The van der Waals surface area contributed by atoms with E-state index in [2.05, 4.69) is 30.8 Å². The summed E-state index contributed by atoms with van der Waals surface area (Å²) in [5, 5.41) is 3.40. The van der Waals surface area contributed by atoms with Crippen molar-refractivity contribution in [1.29, 1.82) is 0 Å². The molecule has 0 aromatic rings. The standard InChI is InChI=1S/C13H28N2O2S/c1-10(2)15-18(16,17)7-6-14-12-9-13(4,5)8-11(12)3/h10-12,14-15H,6-9H2,1-5H3/t11-,12-/m0/s1. The van der Waals surface area contributed by atoms with E-state index in [0.717, 1.165) is 6.42 Å². The Morgan fingerprint density at radius 2 is 1.89 bits per heavy atom. The molecule has 1 aliphatic rings. The van der Waals surface area contributed by atoms with Crippen molar-refractivity contribution in [2.75, 3.05) is 12.3 Å². The van der Waals surface area contributed by atoms with E-state index >= 15 is 0 Å². The molecule has 5 heteroatoms. The Labute approximate surface area is 112 Å². The molecule has 4 nitrogen and oxygen atoms in total. The third kappa shape index (κ3) is 5.24. The molecule has 0 unspecified atom stereocenters. The predicted molar refractivity (Wildman–Crippen MR) is 76.0 cm³/mol. The second kappa shape index (κ2) is 5.88. The van der Waals surface area contributed by atoms with Crippen LogP contribution in [0, 0.1) is 11.3 Å². The second-order valence-corrected chi connectivity index (χ2v) is 8.58. The van der Waals surface area contributed by atoms with E-state index < -0.39 is 10.0 Å². The molecule has 0 bridgehead atoms. The van der Waals surface area contributed by atoms with Crippen molar-refractivity contribution in [1.82, 2.24) is 10.0 Å². The Bertz CT molecular complexity index is 363. The molecular weight excluding hydrogens is 248 g/mol. The fourth-order valence-corrected chi connectivity index (χ4v) is 4.19. The maximum atomic E-state index is 11.7. The van der Waals surface area contributed by atoms with Crippen LogP contribution in [-0.2, 0) is 10.0 Å². The van der Waals surface area contributed by atoms with Crippen molar-refractivity contribution < 1.29 is 8.42 Å². The van der Waals surface area contributed by atoms with Crippen LogP contribution in [0.25, 0.3) is 0 Å². The lowest BCUT2D eigenvalue weighted by atomic mass is 9.91. The van der Waals surface area contributed by atoms with E-state index in [0.29, 0.717) is 23.9 Å². The predicted octanol–water partition coefficient (Wildman–Crippen LogP) is 1.73. The van der Waals surface area contributed by atoms with Crippen LogP contribution in [0.2, 0.25) is 0 Å². The lowest BCUT2D eigenvalue weighted by Crippen LogP contribution is -2.39. The van der Waals surface area contributed by atoms with Crippen LogP contribution in [0.1, 0.15) is 47.5 Å². The van der Waals surface area contributed by atoms with E-state index in [4.69, 9.17) is 0 Å². The van der Waals surface area contributed by atoms with Crippen molar-refractivity contribution in [2.24, 2.45) is 11.3 Å². The number of nitrogens with one attached hydrogen (secondary N) is 2. The Morgan fingerprint density at radius 3 is 2.33 bits per heavy atom. The SMILES string of the molecule is CC(C)NS(=O)(=O)CCN[C@H]1CC(C)(C)C[C@@H]1C. The largest absolute Gasteiger partial charge is 0.313 e. The normalized spacial score (nSPS) is 27.9. The summed E-state index contributed by atoms with van der Waals surface area (Å²) in [5.41, 5.74) is 0.381. The van der Waals surface area contributed by atoms with E-state index in [1.54, 1.807) is 0 Å². The summed E-state index contributed by atoms with van der Waals surface area (Å²) in [6.45, 7) is 11.0. The van der Waals surface area contributed by atoms with Gasteiger partial charge in [-0.05, 0) is 38.0 Å². The van der Waals surface area contributed by atoms with Crippen LogP contribution in [0.3, 0.4) is 0 Å². The minimum absolute atomic E-state index is 0.0284. The first-order valence-electron chi connectivity index (χ1n) is 6.85. The third-order valence-corrected chi connectivity index (χ3v) is 5.10.